The standard InChI is InChI=1S/C14H16O2/c1-3-5-6-14(15)12-7-9-13(10-8-12)16-11-4-2/h3-4,7-10H,1-2,5-6,11H2. The highest BCUT2D eigenvalue weighted by atomic mass is 16.5. The second kappa shape index (κ2) is 6.62. The van der Waals surface area contributed by atoms with Crippen molar-refractivity contribution in [2.45, 2.75) is 12.8 Å². The number of carbonyl (C=O) groups is 1. The van der Waals surface area contributed by atoms with Gasteiger partial charge in [-0.3, -0.25) is 4.79 Å². The number of ether oxygens (including phenoxy) is 1. The molecule has 0 bridgehead atoms. The van der Waals surface area contributed by atoms with Crippen molar-refractivity contribution in [3.05, 3.63) is 55.1 Å². The van der Waals surface area contributed by atoms with E-state index in [9.17, 15) is 4.79 Å². The van der Waals surface area contributed by atoms with Crippen molar-refractivity contribution < 1.29 is 9.53 Å². The Hall–Kier alpha value is -1.83. The Bertz CT molecular complexity index is 363. The van der Waals surface area contributed by atoms with Crippen molar-refractivity contribution in [3.8, 4) is 5.75 Å². The van der Waals surface area contributed by atoms with Crippen LogP contribution in [0.3, 0.4) is 0 Å². The molecule has 1 aromatic rings. The van der Waals surface area contributed by atoms with E-state index in [4.69, 9.17) is 4.74 Å². The van der Waals surface area contributed by atoms with Gasteiger partial charge in [-0.2, -0.15) is 0 Å². The van der Waals surface area contributed by atoms with E-state index >= 15 is 0 Å². The van der Waals surface area contributed by atoms with Crippen LogP contribution in [0.25, 0.3) is 0 Å². The highest BCUT2D eigenvalue weighted by Crippen LogP contribution is 2.14. The molecule has 0 saturated heterocycles. The van der Waals surface area contributed by atoms with E-state index in [1.54, 1.807) is 36.4 Å². The first-order valence-corrected chi connectivity index (χ1v) is 5.25. The highest BCUT2D eigenvalue weighted by molar-refractivity contribution is 5.96. The first-order chi connectivity index (χ1) is 7.77. The van der Waals surface area contributed by atoms with Gasteiger partial charge in [-0.25, -0.2) is 0 Å². The average molecular weight is 216 g/mol. The quantitative estimate of drug-likeness (QED) is 0.515. The Kier molecular flexibility index (Phi) is 5.06. The van der Waals surface area contributed by atoms with Crippen LogP contribution in [0.1, 0.15) is 23.2 Å². The number of hydrogen-bond acceptors (Lipinski definition) is 2. The second-order valence-corrected chi connectivity index (χ2v) is 3.37. The smallest absolute Gasteiger partial charge is 0.163 e. The summed E-state index contributed by atoms with van der Waals surface area (Å²) < 4.78 is 5.33. The lowest BCUT2D eigenvalue weighted by Crippen LogP contribution is -1.98. The van der Waals surface area contributed by atoms with Crippen LogP contribution in [0.2, 0.25) is 0 Å². The molecule has 0 aromatic heterocycles. The average Bonchev–Trinajstić information content (AvgIpc) is 2.34. The Balaban J connectivity index is 2.59. The van der Waals surface area contributed by atoms with Gasteiger partial charge in [0.2, 0.25) is 0 Å². The van der Waals surface area contributed by atoms with Gasteiger partial charge < -0.3 is 4.74 Å². The molecule has 2 nitrogen and oxygen atoms in total. The SMILES string of the molecule is C=CCCC(=O)c1ccc(OCC=C)cc1. The van der Waals surface area contributed by atoms with Gasteiger partial charge in [-0.05, 0) is 30.7 Å². The van der Waals surface area contributed by atoms with E-state index in [0.717, 1.165) is 5.75 Å². The predicted octanol–water partition coefficient (Wildman–Crippen LogP) is 3.40. The number of benzene rings is 1. The third-order valence-corrected chi connectivity index (χ3v) is 2.12. The maximum Gasteiger partial charge on any atom is 0.163 e. The molecule has 0 aliphatic rings. The summed E-state index contributed by atoms with van der Waals surface area (Å²) in [5.41, 5.74) is 0.716. The summed E-state index contributed by atoms with van der Waals surface area (Å²) >= 11 is 0. The summed E-state index contributed by atoms with van der Waals surface area (Å²) in [5, 5.41) is 0. The molecule has 0 spiro atoms. The van der Waals surface area contributed by atoms with E-state index in [-0.39, 0.29) is 5.78 Å². The van der Waals surface area contributed by atoms with Crippen molar-refractivity contribution in [1.29, 1.82) is 0 Å². The number of allylic oxidation sites excluding steroid dienone is 1. The van der Waals surface area contributed by atoms with Gasteiger partial charge in [0, 0.05) is 12.0 Å². The van der Waals surface area contributed by atoms with E-state index < -0.39 is 0 Å². The topological polar surface area (TPSA) is 26.3 Å². The molecule has 1 rings (SSSR count). The van der Waals surface area contributed by atoms with Crippen LogP contribution in [0, 0.1) is 0 Å². The summed E-state index contributed by atoms with van der Waals surface area (Å²) in [7, 11) is 0. The summed E-state index contributed by atoms with van der Waals surface area (Å²) in [6, 6.07) is 7.16. The third kappa shape index (κ3) is 3.73. The Morgan fingerprint density at radius 2 is 1.88 bits per heavy atom. The van der Waals surface area contributed by atoms with E-state index in [1.807, 2.05) is 0 Å². The minimum atomic E-state index is 0.134. The molecule has 84 valence electrons. The van der Waals surface area contributed by atoms with Crippen molar-refractivity contribution in [3.63, 3.8) is 0 Å². The molecule has 16 heavy (non-hydrogen) atoms. The summed E-state index contributed by atoms with van der Waals surface area (Å²) in [6.07, 6.45) is 4.66. The molecule has 0 unspecified atom stereocenters. The van der Waals surface area contributed by atoms with Crippen molar-refractivity contribution in [2.24, 2.45) is 0 Å². The molecule has 0 atom stereocenters. The fourth-order valence-corrected chi connectivity index (χ4v) is 1.27. The normalized spacial score (nSPS) is 9.50. The zero-order chi connectivity index (χ0) is 11.8. The maximum absolute atomic E-state index is 11.6. The van der Waals surface area contributed by atoms with Gasteiger partial charge in [-0.1, -0.05) is 18.7 Å². The van der Waals surface area contributed by atoms with Gasteiger partial charge >= 0.3 is 0 Å². The number of rotatable bonds is 7. The zero-order valence-corrected chi connectivity index (χ0v) is 9.32. The van der Waals surface area contributed by atoms with Gasteiger partial charge in [-0.15, -0.1) is 6.58 Å². The lowest BCUT2D eigenvalue weighted by molar-refractivity contribution is 0.0983. The van der Waals surface area contributed by atoms with Gasteiger partial charge in [0.05, 0.1) is 0 Å². The van der Waals surface area contributed by atoms with Crippen molar-refractivity contribution >= 4 is 5.78 Å². The van der Waals surface area contributed by atoms with Crippen LogP contribution in [0.5, 0.6) is 5.75 Å². The number of Topliss-reactive ketones (excluding diaryl/α,β-unsaturated/α-hetero) is 1. The van der Waals surface area contributed by atoms with E-state index in [1.165, 1.54) is 0 Å². The fraction of sp³-hybridized carbons (Fsp3) is 0.214. The lowest BCUT2D eigenvalue weighted by atomic mass is 10.1. The van der Waals surface area contributed by atoms with Crippen LogP contribution in [0.4, 0.5) is 0 Å². The molecular weight excluding hydrogens is 200 g/mol. The van der Waals surface area contributed by atoms with Crippen LogP contribution >= 0.6 is 0 Å². The van der Waals surface area contributed by atoms with E-state index in [0.29, 0.717) is 25.0 Å². The zero-order valence-electron chi connectivity index (χ0n) is 9.32. The first-order valence-electron chi connectivity index (χ1n) is 5.25. The van der Waals surface area contributed by atoms with Crippen LogP contribution in [-0.4, -0.2) is 12.4 Å². The number of hydrogen-bond donors (Lipinski definition) is 0. The van der Waals surface area contributed by atoms with Gasteiger partial charge in [0.25, 0.3) is 0 Å². The summed E-state index contributed by atoms with van der Waals surface area (Å²) in [4.78, 5) is 11.6. The lowest BCUT2D eigenvalue weighted by Gasteiger charge is -2.04. The van der Waals surface area contributed by atoms with Gasteiger partial charge in [0.15, 0.2) is 5.78 Å². The van der Waals surface area contributed by atoms with Crippen molar-refractivity contribution in [1.82, 2.24) is 0 Å². The molecule has 0 amide bonds. The molecule has 1 aromatic carbocycles. The maximum atomic E-state index is 11.6. The number of ketones is 1. The van der Waals surface area contributed by atoms with Crippen LogP contribution in [0.15, 0.2) is 49.6 Å². The van der Waals surface area contributed by atoms with Crippen LogP contribution < -0.4 is 4.74 Å². The Labute approximate surface area is 96.2 Å². The Morgan fingerprint density at radius 3 is 2.44 bits per heavy atom. The molecule has 0 saturated carbocycles. The first kappa shape index (κ1) is 12.2. The second-order valence-electron chi connectivity index (χ2n) is 3.37. The van der Waals surface area contributed by atoms with Gasteiger partial charge in [0.1, 0.15) is 12.4 Å². The highest BCUT2D eigenvalue weighted by Gasteiger charge is 2.04. The molecule has 0 radical (unpaired) electrons. The molecule has 2 heteroatoms. The molecular formula is C14H16O2. The predicted molar refractivity (Wildman–Crippen MR) is 65.9 cm³/mol. The monoisotopic (exact) mass is 216 g/mol. The molecule has 0 N–H and O–H groups in total. The third-order valence-electron chi connectivity index (χ3n) is 2.12. The molecule has 0 heterocycles. The molecule has 0 fully saturated rings. The minimum Gasteiger partial charge on any atom is -0.490 e. The minimum absolute atomic E-state index is 0.134. The van der Waals surface area contributed by atoms with E-state index in [2.05, 4.69) is 13.2 Å². The summed E-state index contributed by atoms with van der Waals surface area (Å²) in [6.45, 7) is 7.64. The van der Waals surface area contributed by atoms with Crippen molar-refractivity contribution in [2.75, 3.05) is 6.61 Å². The largest absolute Gasteiger partial charge is 0.490 e. The molecule has 0 aliphatic carbocycles. The van der Waals surface area contributed by atoms with Crippen LogP contribution in [-0.2, 0) is 0 Å². The number of carbonyl (C=O) groups excluding carboxylic acids is 1. The molecule has 0 aliphatic heterocycles. The Morgan fingerprint density at radius 1 is 1.19 bits per heavy atom. The fourth-order valence-electron chi connectivity index (χ4n) is 1.27. The summed E-state index contributed by atoms with van der Waals surface area (Å²) in [5.74, 6) is 0.885.